The van der Waals surface area contributed by atoms with Crippen LogP contribution in [0.25, 0.3) is 0 Å². The van der Waals surface area contributed by atoms with Gasteiger partial charge in [0.2, 0.25) is 15.9 Å². The van der Waals surface area contributed by atoms with Gasteiger partial charge in [-0.3, -0.25) is 4.79 Å². The largest absolute Gasteiger partial charge is 0.497 e. The number of nitrogens with one attached hydrogen (secondary N) is 1. The number of hydrogen-bond donors (Lipinski definition) is 1. The van der Waals surface area contributed by atoms with Crippen LogP contribution in [0.1, 0.15) is 37.4 Å². The summed E-state index contributed by atoms with van der Waals surface area (Å²) in [7, 11) is -1.67. The number of methoxy groups -OCH3 is 1. The van der Waals surface area contributed by atoms with E-state index in [4.69, 9.17) is 9.47 Å². The van der Waals surface area contributed by atoms with E-state index in [1.165, 1.54) is 22.3 Å². The van der Waals surface area contributed by atoms with E-state index in [1.807, 2.05) is 4.57 Å². The summed E-state index contributed by atoms with van der Waals surface area (Å²) in [6.07, 6.45) is 4.90. The van der Waals surface area contributed by atoms with Crippen molar-refractivity contribution in [2.24, 2.45) is 0 Å². The Balaban J connectivity index is 1.46. The zero-order valence-corrected chi connectivity index (χ0v) is 21.1. The van der Waals surface area contributed by atoms with Gasteiger partial charge in [0.1, 0.15) is 11.6 Å². The minimum Gasteiger partial charge on any atom is -0.497 e. The summed E-state index contributed by atoms with van der Waals surface area (Å²) in [6.45, 7) is 2.26. The maximum Gasteiger partial charge on any atom is 0.234 e. The Bertz CT molecular complexity index is 1080. The predicted octanol–water partition coefficient (Wildman–Crippen LogP) is 2.34. The lowest BCUT2D eigenvalue weighted by molar-refractivity contribution is -0.113. The van der Waals surface area contributed by atoms with Gasteiger partial charge in [-0.05, 0) is 49.9 Å². The number of hydrogen-bond acceptors (Lipinski definition) is 8. The third-order valence-electron chi connectivity index (χ3n) is 6.08. The van der Waals surface area contributed by atoms with Crippen LogP contribution in [0.4, 0.5) is 5.69 Å². The highest BCUT2D eigenvalue weighted by Crippen LogP contribution is 2.31. The van der Waals surface area contributed by atoms with Crippen LogP contribution in [-0.4, -0.2) is 78.3 Å². The number of ether oxygens (including phenoxy) is 2. The number of thioether (sulfide) groups is 1. The van der Waals surface area contributed by atoms with Crippen molar-refractivity contribution >= 4 is 33.4 Å². The number of benzene rings is 1. The van der Waals surface area contributed by atoms with E-state index in [0.717, 1.165) is 43.9 Å². The number of amides is 1. The topological polar surface area (TPSA) is 116 Å². The molecule has 0 spiro atoms. The first-order valence-electron chi connectivity index (χ1n) is 11.4. The maximum absolute atomic E-state index is 12.5. The molecule has 4 rings (SSSR count). The van der Waals surface area contributed by atoms with E-state index < -0.39 is 10.0 Å². The van der Waals surface area contributed by atoms with Gasteiger partial charge in [0.15, 0.2) is 5.16 Å². The molecule has 2 aliphatic heterocycles. The van der Waals surface area contributed by atoms with E-state index in [-0.39, 0.29) is 23.7 Å². The molecule has 186 valence electrons. The van der Waals surface area contributed by atoms with Gasteiger partial charge in [-0.25, -0.2) is 12.7 Å². The van der Waals surface area contributed by atoms with Crippen molar-refractivity contribution in [2.75, 3.05) is 44.1 Å². The zero-order valence-electron chi connectivity index (χ0n) is 19.5. The Hall–Kier alpha value is -2.15. The Morgan fingerprint density at radius 3 is 2.71 bits per heavy atom. The lowest BCUT2D eigenvalue weighted by Gasteiger charge is -2.30. The third-order valence-corrected chi connectivity index (χ3v) is 8.32. The molecule has 2 aromatic rings. The van der Waals surface area contributed by atoms with Gasteiger partial charge in [-0.2, -0.15) is 0 Å². The Kier molecular flexibility index (Phi) is 8.12. The van der Waals surface area contributed by atoms with Crippen LogP contribution in [0.3, 0.4) is 0 Å². The van der Waals surface area contributed by atoms with Gasteiger partial charge >= 0.3 is 0 Å². The molecule has 0 aliphatic carbocycles. The van der Waals surface area contributed by atoms with E-state index in [1.54, 1.807) is 31.4 Å². The molecular formula is C22H31N5O5S2. The number of sulfonamides is 1. The summed E-state index contributed by atoms with van der Waals surface area (Å²) in [4.78, 5) is 12.5. The fourth-order valence-electron chi connectivity index (χ4n) is 4.33. The molecule has 2 atom stereocenters. The summed E-state index contributed by atoms with van der Waals surface area (Å²) in [5.41, 5.74) is 0.691. The van der Waals surface area contributed by atoms with Crippen LogP contribution in [-0.2, 0) is 26.1 Å². The minimum atomic E-state index is -3.27. The highest BCUT2D eigenvalue weighted by atomic mass is 32.2. The normalized spacial score (nSPS) is 21.5. The summed E-state index contributed by atoms with van der Waals surface area (Å²) in [5, 5.41) is 12.4. The highest BCUT2D eigenvalue weighted by Gasteiger charge is 2.32. The smallest absolute Gasteiger partial charge is 0.234 e. The Labute approximate surface area is 204 Å². The number of anilines is 1. The molecule has 2 fully saturated rings. The first-order valence-corrected chi connectivity index (χ1v) is 14.2. The standard InChI is InChI=1S/C22H31N5O5S2/c1-31-18-9-7-17(8-10-18)23-20(28)15-33-22-25-24-21(27(22)14-19-6-4-12-32-19)16-5-3-11-26(13-16)34(2,29)30/h7-10,16,19H,3-6,11-15H2,1-2H3,(H,23,28)/t16-,19+/m1/s1. The fraction of sp³-hybridized carbons (Fsp3) is 0.591. The Morgan fingerprint density at radius 1 is 1.24 bits per heavy atom. The van der Waals surface area contributed by atoms with Crippen molar-refractivity contribution in [2.45, 2.75) is 49.4 Å². The molecule has 10 nitrogen and oxygen atoms in total. The molecule has 1 amide bonds. The number of aromatic nitrogens is 3. The summed E-state index contributed by atoms with van der Waals surface area (Å²) >= 11 is 1.32. The lowest BCUT2D eigenvalue weighted by atomic mass is 9.98. The number of piperidine rings is 1. The molecule has 1 N–H and O–H groups in total. The molecule has 2 aliphatic rings. The molecule has 0 saturated carbocycles. The molecule has 0 unspecified atom stereocenters. The molecule has 12 heteroatoms. The molecule has 1 aromatic carbocycles. The molecule has 0 radical (unpaired) electrons. The van der Waals surface area contributed by atoms with Crippen molar-refractivity contribution in [3.05, 3.63) is 30.1 Å². The van der Waals surface area contributed by atoms with Crippen LogP contribution >= 0.6 is 11.8 Å². The monoisotopic (exact) mass is 509 g/mol. The third kappa shape index (κ3) is 6.29. The van der Waals surface area contributed by atoms with Crippen LogP contribution < -0.4 is 10.1 Å². The molecule has 0 bridgehead atoms. The van der Waals surface area contributed by atoms with Crippen molar-refractivity contribution in [1.29, 1.82) is 0 Å². The highest BCUT2D eigenvalue weighted by molar-refractivity contribution is 7.99. The van der Waals surface area contributed by atoms with E-state index in [2.05, 4.69) is 15.5 Å². The van der Waals surface area contributed by atoms with Crippen molar-refractivity contribution < 1.29 is 22.7 Å². The second kappa shape index (κ2) is 11.1. The van der Waals surface area contributed by atoms with Crippen molar-refractivity contribution in [3.8, 4) is 5.75 Å². The molecule has 34 heavy (non-hydrogen) atoms. The summed E-state index contributed by atoms with van der Waals surface area (Å²) < 4.78 is 38.7. The SMILES string of the molecule is COc1ccc(NC(=O)CSc2nnc([C@@H]3CCCN(S(C)(=O)=O)C3)n2C[C@@H]2CCCO2)cc1. The number of nitrogens with zero attached hydrogens (tertiary/aromatic N) is 4. The second-order valence-electron chi connectivity index (χ2n) is 8.61. The van der Waals surface area contributed by atoms with Crippen molar-refractivity contribution in [3.63, 3.8) is 0 Å². The summed E-state index contributed by atoms with van der Waals surface area (Å²) in [6, 6.07) is 7.15. The van der Waals surface area contributed by atoms with Gasteiger partial charge in [0.25, 0.3) is 0 Å². The average molecular weight is 510 g/mol. The molecule has 1 aromatic heterocycles. The van der Waals surface area contributed by atoms with E-state index in [9.17, 15) is 13.2 Å². The number of carbonyl (C=O) groups is 1. The molecular weight excluding hydrogens is 478 g/mol. The number of rotatable bonds is 9. The van der Waals surface area contributed by atoms with Gasteiger partial charge in [0, 0.05) is 31.3 Å². The minimum absolute atomic E-state index is 0.0418. The fourth-order valence-corrected chi connectivity index (χ4v) is 5.99. The zero-order chi connectivity index (χ0) is 24.1. The first-order chi connectivity index (χ1) is 16.3. The van der Waals surface area contributed by atoms with Crippen molar-refractivity contribution in [1.82, 2.24) is 19.1 Å². The predicted molar refractivity (Wildman–Crippen MR) is 130 cm³/mol. The summed E-state index contributed by atoms with van der Waals surface area (Å²) in [5.74, 6) is 1.47. The van der Waals surface area contributed by atoms with Gasteiger partial charge in [0.05, 0.1) is 31.8 Å². The average Bonchev–Trinajstić information content (AvgIpc) is 3.48. The van der Waals surface area contributed by atoms with Gasteiger partial charge in [-0.15, -0.1) is 10.2 Å². The van der Waals surface area contributed by atoms with Crippen LogP contribution in [0.2, 0.25) is 0 Å². The second-order valence-corrected chi connectivity index (χ2v) is 11.5. The van der Waals surface area contributed by atoms with Crippen LogP contribution in [0, 0.1) is 0 Å². The van der Waals surface area contributed by atoms with Crippen LogP contribution in [0.5, 0.6) is 5.75 Å². The van der Waals surface area contributed by atoms with E-state index >= 15 is 0 Å². The number of carbonyl (C=O) groups excluding carboxylic acids is 1. The quantitative estimate of drug-likeness (QED) is 0.512. The van der Waals surface area contributed by atoms with Gasteiger partial charge in [-0.1, -0.05) is 11.8 Å². The van der Waals surface area contributed by atoms with Crippen LogP contribution in [0.15, 0.2) is 29.4 Å². The molecule has 2 saturated heterocycles. The molecule has 3 heterocycles. The maximum atomic E-state index is 12.5. The Morgan fingerprint density at radius 2 is 2.03 bits per heavy atom. The van der Waals surface area contributed by atoms with E-state index in [0.29, 0.717) is 30.5 Å². The lowest BCUT2D eigenvalue weighted by Crippen LogP contribution is -2.39. The van der Waals surface area contributed by atoms with Gasteiger partial charge < -0.3 is 19.4 Å². The first kappa shape index (κ1) is 25.0.